The van der Waals surface area contributed by atoms with Crippen LogP contribution in [0, 0.1) is 0 Å². The minimum Gasteiger partial charge on any atom is -0.396 e. The fourth-order valence-electron chi connectivity index (χ4n) is 0.932. The third-order valence-corrected chi connectivity index (χ3v) is 1.75. The van der Waals surface area contributed by atoms with Crippen LogP contribution in [0.5, 0.6) is 0 Å². The zero-order valence-electron chi connectivity index (χ0n) is 8.82. The van der Waals surface area contributed by atoms with Crippen LogP contribution >= 0.6 is 0 Å². The van der Waals surface area contributed by atoms with E-state index in [9.17, 15) is 0 Å². The first kappa shape index (κ1) is 13.1. The summed E-state index contributed by atoms with van der Waals surface area (Å²) in [5.74, 6) is 0. The molecule has 0 heterocycles. The molecule has 0 spiro atoms. The standard InChI is InChI=1S/C8H10O.C4H10O/c9-7-6-8-4-2-1-3-5-8;1-2-3-4-5/h1-5,9H,6-7H2;5H,2-4H2,1H3. The first-order chi connectivity index (χ1) is 6.85. The third-order valence-electron chi connectivity index (χ3n) is 1.75. The fraction of sp³-hybridized carbons (Fsp3) is 0.500. The molecule has 0 aromatic heterocycles. The maximum Gasteiger partial charge on any atom is 0.0471 e. The molecule has 2 nitrogen and oxygen atoms in total. The van der Waals surface area contributed by atoms with Crippen molar-refractivity contribution in [3.63, 3.8) is 0 Å². The molecule has 0 saturated heterocycles. The summed E-state index contributed by atoms with van der Waals surface area (Å²) >= 11 is 0. The number of benzene rings is 1. The Morgan fingerprint density at radius 1 is 1.00 bits per heavy atom. The monoisotopic (exact) mass is 196 g/mol. The van der Waals surface area contributed by atoms with Gasteiger partial charge in [0.1, 0.15) is 0 Å². The van der Waals surface area contributed by atoms with Gasteiger partial charge in [-0.25, -0.2) is 0 Å². The first-order valence-corrected chi connectivity index (χ1v) is 5.10. The van der Waals surface area contributed by atoms with Gasteiger partial charge < -0.3 is 10.2 Å². The molecule has 2 N–H and O–H groups in total. The number of rotatable bonds is 4. The van der Waals surface area contributed by atoms with Crippen LogP contribution in [-0.2, 0) is 6.42 Å². The summed E-state index contributed by atoms with van der Waals surface area (Å²) in [6, 6.07) is 9.95. The highest BCUT2D eigenvalue weighted by Crippen LogP contribution is 1.97. The lowest BCUT2D eigenvalue weighted by atomic mass is 10.2. The van der Waals surface area contributed by atoms with E-state index >= 15 is 0 Å². The van der Waals surface area contributed by atoms with Crippen molar-refractivity contribution in [2.75, 3.05) is 13.2 Å². The van der Waals surface area contributed by atoms with Crippen LogP contribution in [0.3, 0.4) is 0 Å². The maximum absolute atomic E-state index is 8.52. The van der Waals surface area contributed by atoms with Crippen LogP contribution in [0.1, 0.15) is 25.3 Å². The smallest absolute Gasteiger partial charge is 0.0471 e. The van der Waals surface area contributed by atoms with Crippen LogP contribution < -0.4 is 0 Å². The Morgan fingerprint density at radius 2 is 1.64 bits per heavy atom. The van der Waals surface area contributed by atoms with Crippen LogP contribution in [0.15, 0.2) is 30.3 Å². The van der Waals surface area contributed by atoms with E-state index in [4.69, 9.17) is 10.2 Å². The van der Waals surface area contributed by atoms with Gasteiger partial charge in [-0.2, -0.15) is 0 Å². The molecule has 1 aromatic carbocycles. The van der Waals surface area contributed by atoms with E-state index in [1.54, 1.807) is 0 Å². The van der Waals surface area contributed by atoms with Crippen molar-refractivity contribution < 1.29 is 10.2 Å². The molecule has 1 rings (SSSR count). The Balaban J connectivity index is 0.000000292. The maximum atomic E-state index is 8.52. The summed E-state index contributed by atoms with van der Waals surface area (Å²) in [7, 11) is 0. The van der Waals surface area contributed by atoms with Gasteiger partial charge in [0, 0.05) is 13.2 Å². The predicted molar refractivity (Wildman–Crippen MR) is 59.2 cm³/mol. The summed E-state index contributed by atoms with van der Waals surface area (Å²) in [6.07, 6.45) is 2.80. The highest BCUT2D eigenvalue weighted by molar-refractivity contribution is 5.14. The Hall–Kier alpha value is -0.860. The second-order valence-electron chi connectivity index (χ2n) is 3.04. The van der Waals surface area contributed by atoms with Gasteiger partial charge in [0.15, 0.2) is 0 Å². The van der Waals surface area contributed by atoms with Crippen molar-refractivity contribution >= 4 is 0 Å². The number of aliphatic hydroxyl groups is 2. The van der Waals surface area contributed by atoms with E-state index in [1.807, 2.05) is 30.3 Å². The Morgan fingerprint density at radius 3 is 2.00 bits per heavy atom. The molecule has 0 saturated carbocycles. The lowest BCUT2D eigenvalue weighted by Crippen LogP contribution is -1.88. The van der Waals surface area contributed by atoms with Crippen molar-refractivity contribution in [2.24, 2.45) is 0 Å². The summed E-state index contributed by atoms with van der Waals surface area (Å²) in [4.78, 5) is 0. The normalized spacial score (nSPS) is 9.07. The molecule has 0 aliphatic rings. The molecule has 0 fully saturated rings. The van der Waals surface area contributed by atoms with Gasteiger partial charge in [0.25, 0.3) is 0 Å². The van der Waals surface area contributed by atoms with Gasteiger partial charge >= 0.3 is 0 Å². The summed E-state index contributed by atoms with van der Waals surface area (Å²) < 4.78 is 0. The van der Waals surface area contributed by atoms with Gasteiger partial charge in [-0.15, -0.1) is 0 Å². The zero-order valence-corrected chi connectivity index (χ0v) is 8.82. The summed E-state index contributed by atoms with van der Waals surface area (Å²) in [5.41, 5.74) is 1.19. The molecule has 1 aromatic rings. The number of aliphatic hydroxyl groups excluding tert-OH is 2. The van der Waals surface area contributed by atoms with Gasteiger partial charge in [0.2, 0.25) is 0 Å². The lowest BCUT2D eigenvalue weighted by Gasteiger charge is -1.93. The van der Waals surface area contributed by atoms with Crippen molar-refractivity contribution in [1.29, 1.82) is 0 Å². The Labute approximate surface area is 86.2 Å². The van der Waals surface area contributed by atoms with Crippen LogP contribution in [-0.4, -0.2) is 23.4 Å². The fourth-order valence-corrected chi connectivity index (χ4v) is 0.932. The van der Waals surface area contributed by atoms with E-state index < -0.39 is 0 Å². The van der Waals surface area contributed by atoms with Crippen molar-refractivity contribution in [3.05, 3.63) is 35.9 Å². The quantitative estimate of drug-likeness (QED) is 0.773. The summed E-state index contributed by atoms with van der Waals surface area (Å²) in [5, 5.41) is 16.6. The van der Waals surface area contributed by atoms with Gasteiger partial charge in [0.05, 0.1) is 0 Å². The molecule has 2 heteroatoms. The summed E-state index contributed by atoms with van der Waals surface area (Å²) in [6.45, 7) is 2.64. The van der Waals surface area contributed by atoms with Gasteiger partial charge in [-0.3, -0.25) is 0 Å². The average molecular weight is 196 g/mol. The van der Waals surface area contributed by atoms with Gasteiger partial charge in [-0.1, -0.05) is 43.7 Å². The molecular formula is C12H20O2. The van der Waals surface area contributed by atoms with Gasteiger partial charge in [-0.05, 0) is 18.4 Å². The van der Waals surface area contributed by atoms with Crippen molar-refractivity contribution in [3.8, 4) is 0 Å². The van der Waals surface area contributed by atoms with Crippen molar-refractivity contribution in [2.45, 2.75) is 26.2 Å². The van der Waals surface area contributed by atoms with Crippen molar-refractivity contribution in [1.82, 2.24) is 0 Å². The minimum atomic E-state index is 0.240. The molecule has 0 radical (unpaired) electrons. The van der Waals surface area contributed by atoms with E-state index in [2.05, 4.69) is 6.92 Å². The second-order valence-corrected chi connectivity index (χ2v) is 3.04. The SMILES string of the molecule is CCCCO.OCCc1ccccc1. The van der Waals surface area contributed by atoms with Crippen LogP contribution in [0.2, 0.25) is 0 Å². The number of hydrogen-bond donors (Lipinski definition) is 2. The highest BCUT2D eigenvalue weighted by atomic mass is 16.3. The molecule has 14 heavy (non-hydrogen) atoms. The molecule has 0 atom stereocenters. The largest absolute Gasteiger partial charge is 0.396 e. The molecule has 0 unspecified atom stereocenters. The molecule has 0 aliphatic carbocycles. The topological polar surface area (TPSA) is 40.5 Å². The first-order valence-electron chi connectivity index (χ1n) is 5.10. The zero-order chi connectivity index (χ0) is 10.6. The molecule has 0 amide bonds. The van der Waals surface area contributed by atoms with E-state index in [0.29, 0.717) is 6.61 Å². The third kappa shape index (κ3) is 7.77. The van der Waals surface area contributed by atoms with E-state index in [-0.39, 0.29) is 6.61 Å². The second kappa shape index (κ2) is 10.2. The van der Waals surface area contributed by atoms with Crippen LogP contribution in [0.25, 0.3) is 0 Å². The predicted octanol–water partition coefficient (Wildman–Crippen LogP) is 2.00. The number of unbranched alkanes of at least 4 members (excludes halogenated alkanes) is 1. The number of hydrogen-bond acceptors (Lipinski definition) is 2. The van der Waals surface area contributed by atoms with E-state index in [0.717, 1.165) is 19.3 Å². The molecule has 0 bridgehead atoms. The Kier molecular flexibility index (Phi) is 9.59. The lowest BCUT2D eigenvalue weighted by molar-refractivity contribution is 0.287. The average Bonchev–Trinajstić information content (AvgIpc) is 2.22. The van der Waals surface area contributed by atoms with Crippen LogP contribution in [0.4, 0.5) is 0 Å². The molecule has 0 aliphatic heterocycles. The molecular weight excluding hydrogens is 176 g/mol. The minimum absolute atomic E-state index is 0.240. The Bertz CT molecular complexity index is 195. The highest BCUT2D eigenvalue weighted by Gasteiger charge is 1.85. The van der Waals surface area contributed by atoms with E-state index in [1.165, 1.54) is 5.56 Å². The molecule has 80 valence electrons.